The Hall–Kier alpha value is -0.790. The molecule has 100 valence electrons. The fourth-order valence-corrected chi connectivity index (χ4v) is 4.05. The summed E-state index contributed by atoms with van der Waals surface area (Å²) in [6.07, 6.45) is 0. The van der Waals surface area contributed by atoms with Gasteiger partial charge < -0.3 is 4.52 Å². The first kappa shape index (κ1) is 14.6. The number of rotatable bonds is 4. The maximum Gasteiger partial charge on any atom is 0.261 e. The Bertz CT molecular complexity index is 544. The average Bonchev–Trinajstić information content (AvgIpc) is 2.40. The van der Waals surface area contributed by atoms with Crippen molar-refractivity contribution in [2.24, 2.45) is 0 Å². The second-order valence-corrected chi connectivity index (χ2v) is 7.19. The van der Waals surface area contributed by atoms with Crippen LogP contribution >= 0.6 is 30.6 Å². The molecule has 0 aliphatic heterocycles. The number of halogens is 2. The summed E-state index contributed by atoms with van der Waals surface area (Å²) in [4.78, 5) is 0. The van der Waals surface area contributed by atoms with Gasteiger partial charge in [0.1, 0.15) is 0 Å². The van der Waals surface area contributed by atoms with Gasteiger partial charge in [0.15, 0.2) is 0 Å². The van der Waals surface area contributed by atoms with Crippen molar-refractivity contribution in [2.75, 3.05) is 6.61 Å². The highest BCUT2D eigenvalue weighted by molar-refractivity contribution is 7.74. The third-order valence-electron chi connectivity index (χ3n) is 2.64. The average molecular weight is 315 g/mol. The molecule has 19 heavy (non-hydrogen) atoms. The highest BCUT2D eigenvalue weighted by Gasteiger charge is 2.27. The molecule has 0 heterocycles. The molecular weight excluding hydrogens is 302 g/mol. The lowest BCUT2D eigenvalue weighted by Crippen LogP contribution is -2.18. The fourth-order valence-electron chi connectivity index (χ4n) is 1.75. The monoisotopic (exact) mass is 314 g/mol. The van der Waals surface area contributed by atoms with Crippen molar-refractivity contribution in [3.63, 3.8) is 0 Å². The Morgan fingerprint density at radius 2 is 1.26 bits per heavy atom. The molecule has 0 saturated carbocycles. The molecule has 2 rings (SSSR count). The number of hydrogen-bond acceptors (Lipinski definition) is 2. The standard InChI is InChI=1S/C14H13Cl2O2P/c1-2-18-19(17,13-7-3-11(15)4-8-13)14-9-5-12(16)6-10-14/h3-10H,2H2,1H3. The first-order valence-corrected chi connectivity index (χ1v) is 8.21. The molecule has 2 aromatic rings. The Balaban J connectivity index is 2.51. The van der Waals surface area contributed by atoms with Crippen molar-refractivity contribution in [1.29, 1.82) is 0 Å². The molecule has 5 heteroatoms. The summed E-state index contributed by atoms with van der Waals surface area (Å²) in [5, 5.41) is 2.45. The first-order chi connectivity index (χ1) is 9.06. The SMILES string of the molecule is CCOP(=O)(c1ccc(Cl)cc1)c1ccc(Cl)cc1. The van der Waals surface area contributed by atoms with Crippen LogP contribution in [0.5, 0.6) is 0 Å². The molecule has 0 aromatic heterocycles. The van der Waals surface area contributed by atoms with Gasteiger partial charge in [0, 0.05) is 20.7 Å². The van der Waals surface area contributed by atoms with Crippen molar-refractivity contribution in [1.82, 2.24) is 0 Å². The van der Waals surface area contributed by atoms with Gasteiger partial charge in [-0.15, -0.1) is 0 Å². The highest BCUT2D eigenvalue weighted by Crippen LogP contribution is 2.44. The lowest BCUT2D eigenvalue weighted by Gasteiger charge is -2.18. The van der Waals surface area contributed by atoms with Crippen LogP contribution in [0, 0.1) is 0 Å². The molecule has 2 nitrogen and oxygen atoms in total. The van der Waals surface area contributed by atoms with E-state index < -0.39 is 7.37 Å². The summed E-state index contributed by atoms with van der Waals surface area (Å²) in [6.45, 7) is 2.18. The Morgan fingerprint density at radius 1 is 0.895 bits per heavy atom. The maximum absolute atomic E-state index is 13.1. The van der Waals surface area contributed by atoms with Gasteiger partial charge in [0.2, 0.25) is 0 Å². The van der Waals surface area contributed by atoms with E-state index in [9.17, 15) is 4.57 Å². The van der Waals surface area contributed by atoms with Crippen molar-refractivity contribution in [3.8, 4) is 0 Å². The second kappa shape index (κ2) is 6.11. The van der Waals surface area contributed by atoms with Crippen molar-refractivity contribution in [3.05, 3.63) is 58.6 Å². The molecule has 0 bridgehead atoms. The van der Waals surface area contributed by atoms with E-state index in [1.54, 1.807) is 48.5 Å². The van der Waals surface area contributed by atoms with Crippen LogP contribution in [0.25, 0.3) is 0 Å². The van der Waals surface area contributed by atoms with Crippen LogP contribution in [0.15, 0.2) is 48.5 Å². The summed E-state index contributed by atoms with van der Waals surface area (Å²) in [6, 6.07) is 13.7. The third-order valence-corrected chi connectivity index (χ3v) is 5.73. The smallest absolute Gasteiger partial charge is 0.261 e. The van der Waals surface area contributed by atoms with Crippen molar-refractivity contribution < 1.29 is 9.09 Å². The van der Waals surface area contributed by atoms with E-state index in [0.717, 1.165) is 0 Å². The van der Waals surface area contributed by atoms with Gasteiger partial charge >= 0.3 is 0 Å². The van der Waals surface area contributed by atoms with Crippen molar-refractivity contribution in [2.45, 2.75) is 6.92 Å². The Kier molecular flexibility index (Phi) is 4.70. The molecule has 0 N–H and O–H groups in total. The van der Waals surface area contributed by atoms with Gasteiger partial charge in [0.05, 0.1) is 6.61 Å². The van der Waals surface area contributed by atoms with E-state index in [-0.39, 0.29) is 0 Å². The molecule has 0 fully saturated rings. The summed E-state index contributed by atoms with van der Waals surface area (Å²) in [5.74, 6) is 0. The van der Waals surface area contributed by atoms with E-state index in [2.05, 4.69) is 0 Å². The molecule has 0 atom stereocenters. The fraction of sp³-hybridized carbons (Fsp3) is 0.143. The molecule has 0 radical (unpaired) electrons. The largest absolute Gasteiger partial charge is 0.322 e. The minimum Gasteiger partial charge on any atom is -0.322 e. The number of benzene rings is 2. The van der Waals surface area contributed by atoms with Crippen LogP contribution in [-0.2, 0) is 9.09 Å². The van der Waals surface area contributed by atoms with E-state index in [0.29, 0.717) is 27.3 Å². The molecule has 0 spiro atoms. The van der Waals surface area contributed by atoms with Gasteiger partial charge in [-0.25, -0.2) is 0 Å². The van der Waals surface area contributed by atoms with Crippen LogP contribution in [-0.4, -0.2) is 6.61 Å². The highest BCUT2D eigenvalue weighted by atomic mass is 35.5. The van der Waals surface area contributed by atoms with Gasteiger partial charge in [-0.2, -0.15) is 0 Å². The normalized spacial score (nSPS) is 11.5. The summed E-state index contributed by atoms with van der Waals surface area (Å²) < 4.78 is 18.7. The predicted molar refractivity (Wildman–Crippen MR) is 81.4 cm³/mol. The zero-order chi connectivity index (χ0) is 13.9. The van der Waals surface area contributed by atoms with Crippen LogP contribution in [0.2, 0.25) is 10.0 Å². The molecule has 0 amide bonds. The van der Waals surface area contributed by atoms with E-state index in [1.165, 1.54) is 0 Å². The van der Waals surface area contributed by atoms with Gasteiger partial charge in [-0.05, 0) is 55.5 Å². The summed E-state index contributed by atoms with van der Waals surface area (Å²) in [7, 11) is -3.08. The predicted octanol–water partition coefficient (Wildman–Crippen LogP) is 4.26. The molecule has 0 saturated heterocycles. The first-order valence-electron chi connectivity index (χ1n) is 5.83. The van der Waals surface area contributed by atoms with Crippen molar-refractivity contribution >= 4 is 41.2 Å². The molecular formula is C14H13Cl2O2P. The van der Waals surface area contributed by atoms with Crippen LogP contribution < -0.4 is 10.6 Å². The molecule has 0 unspecified atom stereocenters. The zero-order valence-electron chi connectivity index (χ0n) is 10.3. The quantitative estimate of drug-likeness (QED) is 0.788. The third kappa shape index (κ3) is 3.21. The molecule has 0 aliphatic rings. The van der Waals surface area contributed by atoms with Gasteiger partial charge in [0.25, 0.3) is 7.37 Å². The minimum absolute atomic E-state index is 0.364. The van der Waals surface area contributed by atoms with Crippen LogP contribution in [0.3, 0.4) is 0 Å². The second-order valence-electron chi connectivity index (χ2n) is 3.92. The Morgan fingerprint density at radius 3 is 1.58 bits per heavy atom. The minimum atomic E-state index is -3.08. The number of hydrogen-bond donors (Lipinski definition) is 0. The Labute approximate surface area is 122 Å². The van der Waals surface area contributed by atoms with Gasteiger partial charge in [-0.3, -0.25) is 4.57 Å². The summed E-state index contributed by atoms with van der Waals surface area (Å²) in [5.41, 5.74) is 0. The van der Waals surface area contributed by atoms with E-state index >= 15 is 0 Å². The topological polar surface area (TPSA) is 26.3 Å². The zero-order valence-corrected chi connectivity index (χ0v) is 12.8. The maximum atomic E-state index is 13.1. The van der Waals surface area contributed by atoms with Gasteiger partial charge in [-0.1, -0.05) is 23.2 Å². The van der Waals surface area contributed by atoms with Crippen LogP contribution in [0.4, 0.5) is 0 Å². The van der Waals surface area contributed by atoms with E-state index in [1.807, 2.05) is 6.92 Å². The molecule has 2 aromatic carbocycles. The summed E-state index contributed by atoms with van der Waals surface area (Å²) >= 11 is 11.7. The lowest BCUT2D eigenvalue weighted by molar-refractivity contribution is 0.348. The lowest BCUT2D eigenvalue weighted by atomic mass is 10.4. The molecule has 0 aliphatic carbocycles. The van der Waals surface area contributed by atoms with E-state index in [4.69, 9.17) is 27.7 Å². The van der Waals surface area contributed by atoms with Crippen LogP contribution in [0.1, 0.15) is 6.92 Å².